The third-order valence-electron chi connectivity index (χ3n) is 4.24. The van der Waals surface area contributed by atoms with Crippen LogP contribution in [0.25, 0.3) is 0 Å². The molecule has 2 aliphatic rings. The molecule has 2 saturated heterocycles. The average molecular weight is 253 g/mol. The highest BCUT2D eigenvalue weighted by molar-refractivity contribution is 5.78. The Balaban J connectivity index is 1.79. The van der Waals surface area contributed by atoms with Crippen LogP contribution >= 0.6 is 0 Å². The number of hydrogen-bond acceptors (Lipinski definition) is 3. The Hall–Kier alpha value is -0.610. The standard InChI is InChI=1S/C14H27N3O/c1-2-13-5-3-9-17(11-13)14(18)12-16-8-4-6-15-7-10-16/h13,15H,2-12H2,1H3. The number of hydrogen-bond donors (Lipinski definition) is 1. The summed E-state index contributed by atoms with van der Waals surface area (Å²) in [5.74, 6) is 1.07. The summed E-state index contributed by atoms with van der Waals surface area (Å²) in [6.07, 6.45) is 4.85. The fourth-order valence-corrected chi connectivity index (χ4v) is 2.98. The summed E-state index contributed by atoms with van der Waals surface area (Å²) in [6, 6.07) is 0. The van der Waals surface area contributed by atoms with Crippen molar-refractivity contribution >= 4 is 5.91 Å². The highest BCUT2D eigenvalue weighted by Gasteiger charge is 2.23. The third kappa shape index (κ3) is 3.95. The molecule has 1 unspecified atom stereocenters. The second kappa shape index (κ2) is 7.10. The van der Waals surface area contributed by atoms with Gasteiger partial charge in [0.05, 0.1) is 6.54 Å². The van der Waals surface area contributed by atoms with Gasteiger partial charge in [-0.15, -0.1) is 0 Å². The molecule has 4 nitrogen and oxygen atoms in total. The summed E-state index contributed by atoms with van der Waals surface area (Å²) >= 11 is 0. The van der Waals surface area contributed by atoms with Crippen LogP contribution in [0.15, 0.2) is 0 Å². The zero-order valence-electron chi connectivity index (χ0n) is 11.7. The first-order valence-corrected chi connectivity index (χ1v) is 7.50. The van der Waals surface area contributed by atoms with Crippen molar-refractivity contribution in [2.24, 2.45) is 5.92 Å². The Morgan fingerprint density at radius 2 is 2.11 bits per heavy atom. The number of rotatable bonds is 3. The van der Waals surface area contributed by atoms with Gasteiger partial charge in [0.2, 0.25) is 5.91 Å². The summed E-state index contributed by atoms with van der Waals surface area (Å²) in [6.45, 7) is 9.00. The van der Waals surface area contributed by atoms with Crippen LogP contribution in [-0.2, 0) is 4.79 Å². The van der Waals surface area contributed by atoms with Crippen molar-refractivity contribution in [3.05, 3.63) is 0 Å². The minimum absolute atomic E-state index is 0.343. The van der Waals surface area contributed by atoms with Crippen LogP contribution in [0.5, 0.6) is 0 Å². The third-order valence-corrected chi connectivity index (χ3v) is 4.24. The molecule has 0 aliphatic carbocycles. The molecule has 0 bridgehead atoms. The molecule has 2 heterocycles. The van der Waals surface area contributed by atoms with Gasteiger partial charge in [-0.05, 0) is 38.3 Å². The predicted molar refractivity (Wildman–Crippen MR) is 73.5 cm³/mol. The molecule has 0 aromatic carbocycles. The molecule has 2 fully saturated rings. The number of carbonyl (C=O) groups excluding carboxylic acids is 1. The quantitative estimate of drug-likeness (QED) is 0.813. The lowest BCUT2D eigenvalue weighted by Crippen LogP contribution is -2.45. The summed E-state index contributed by atoms with van der Waals surface area (Å²) in [5, 5.41) is 3.38. The summed E-state index contributed by atoms with van der Waals surface area (Å²) in [4.78, 5) is 16.7. The number of nitrogens with zero attached hydrogens (tertiary/aromatic N) is 2. The van der Waals surface area contributed by atoms with E-state index in [2.05, 4.69) is 22.0 Å². The van der Waals surface area contributed by atoms with Crippen molar-refractivity contribution < 1.29 is 4.79 Å². The maximum atomic E-state index is 12.3. The lowest BCUT2D eigenvalue weighted by molar-refractivity contribution is -0.134. The van der Waals surface area contributed by atoms with Crippen molar-refractivity contribution in [1.29, 1.82) is 0 Å². The van der Waals surface area contributed by atoms with Gasteiger partial charge in [0.1, 0.15) is 0 Å². The Kier molecular flexibility index (Phi) is 5.45. The molecular weight excluding hydrogens is 226 g/mol. The van der Waals surface area contributed by atoms with Gasteiger partial charge in [-0.2, -0.15) is 0 Å². The normalized spacial score (nSPS) is 26.9. The lowest BCUT2D eigenvalue weighted by atomic mass is 9.95. The molecule has 18 heavy (non-hydrogen) atoms. The summed E-state index contributed by atoms with van der Waals surface area (Å²) in [7, 11) is 0. The van der Waals surface area contributed by atoms with Gasteiger partial charge in [-0.25, -0.2) is 0 Å². The zero-order valence-corrected chi connectivity index (χ0v) is 11.7. The maximum absolute atomic E-state index is 12.3. The van der Waals surface area contributed by atoms with E-state index in [1.807, 2.05) is 0 Å². The van der Waals surface area contributed by atoms with Gasteiger partial charge in [0.15, 0.2) is 0 Å². The number of amides is 1. The Bertz CT molecular complexity index is 262. The SMILES string of the molecule is CCC1CCCN(C(=O)CN2CCCNCC2)C1. The molecule has 104 valence electrons. The Morgan fingerprint density at radius 1 is 1.22 bits per heavy atom. The fourth-order valence-electron chi connectivity index (χ4n) is 2.98. The van der Waals surface area contributed by atoms with E-state index in [4.69, 9.17) is 0 Å². The molecule has 0 aromatic heterocycles. The molecule has 2 rings (SSSR count). The largest absolute Gasteiger partial charge is 0.341 e. The van der Waals surface area contributed by atoms with E-state index >= 15 is 0 Å². The Labute approximate surface area is 111 Å². The van der Waals surface area contributed by atoms with Crippen LogP contribution in [0.3, 0.4) is 0 Å². The van der Waals surface area contributed by atoms with E-state index in [1.54, 1.807) is 0 Å². The predicted octanol–water partition coefficient (Wildman–Crippen LogP) is 0.930. The first kappa shape index (κ1) is 13.8. The van der Waals surface area contributed by atoms with Gasteiger partial charge in [-0.3, -0.25) is 9.69 Å². The van der Waals surface area contributed by atoms with Crippen molar-refractivity contribution in [3.8, 4) is 0 Å². The second-order valence-corrected chi connectivity index (χ2v) is 5.64. The maximum Gasteiger partial charge on any atom is 0.236 e. The van der Waals surface area contributed by atoms with Crippen molar-refractivity contribution in [3.63, 3.8) is 0 Å². The molecule has 1 amide bonds. The van der Waals surface area contributed by atoms with E-state index in [9.17, 15) is 4.79 Å². The fraction of sp³-hybridized carbons (Fsp3) is 0.929. The molecule has 1 atom stereocenters. The van der Waals surface area contributed by atoms with Crippen LogP contribution in [0.4, 0.5) is 0 Å². The van der Waals surface area contributed by atoms with Gasteiger partial charge in [-0.1, -0.05) is 13.3 Å². The smallest absolute Gasteiger partial charge is 0.236 e. The number of carbonyl (C=O) groups is 1. The number of nitrogens with one attached hydrogen (secondary N) is 1. The zero-order chi connectivity index (χ0) is 12.8. The molecule has 2 aliphatic heterocycles. The highest BCUT2D eigenvalue weighted by Crippen LogP contribution is 2.19. The second-order valence-electron chi connectivity index (χ2n) is 5.64. The van der Waals surface area contributed by atoms with Crippen molar-refractivity contribution in [1.82, 2.24) is 15.1 Å². The van der Waals surface area contributed by atoms with Gasteiger partial charge in [0.25, 0.3) is 0 Å². The molecular formula is C14H27N3O. The summed E-state index contributed by atoms with van der Waals surface area (Å²) < 4.78 is 0. The first-order valence-electron chi connectivity index (χ1n) is 7.50. The van der Waals surface area contributed by atoms with Gasteiger partial charge >= 0.3 is 0 Å². The van der Waals surface area contributed by atoms with Crippen molar-refractivity contribution in [2.75, 3.05) is 45.8 Å². The van der Waals surface area contributed by atoms with E-state index in [1.165, 1.54) is 19.3 Å². The Morgan fingerprint density at radius 3 is 2.94 bits per heavy atom. The van der Waals surface area contributed by atoms with Gasteiger partial charge < -0.3 is 10.2 Å². The average Bonchev–Trinajstić information content (AvgIpc) is 2.67. The van der Waals surface area contributed by atoms with Crippen LogP contribution in [-0.4, -0.2) is 61.5 Å². The van der Waals surface area contributed by atoms with Gasteiger partial charge in [0, 0.05) is 26.2 Å². The lowest BCUT2D eigenvalue weighted by Gasteiger charge is -2.33. The molecule has 4 heteroatoms. The van der Waals surface area contributed by atoms with Crippen LogP contribution in [0.2, 0.25) is 0 Å². The molecule has 0 aromatic rings. The van der Waals surface area contributed by atoms with E-state index in [0.29, 0.717) is 12.5 Å². The molecule has 1 N–H and O–H groups in total. The first-order chi connectivity index (χ1) is 8.79. The summed E-state index contributed by atoms with van der Waals surface area (Å²) in [5.41, 5.74) is 0. The van der Waals surface area contributed by atoms with E-state index in [0.717, 1.165) is 51.6 Å². The van der Waals surface area contributed by atoms with Crippen LogP contribution in [0, 0.1) is 5.92 Å². The van der Waals surface area contributed by atoms with Crippen LogP contribution < -0.4 is 5.32 Å². The van der Waals surface area contributed by atoms with Crippen LogP contribution in [0.1, 0.15) is 32.6 Å². The minimum Gasteiger partial charge on any atom is -0.341 e. The monoisotopic (exact) mass is 253 g/mol. The molecule has 0 radical (unpaired) electrons. The molecule has 0 spiro atoms. The minimum atomic E-state index is 0.343. The number of piperidine rings is 1. The van der Waals surface area contributed by atoms with E-state index < -0.39 is 0 Å². The topological polar surface area (TPSA) is 35.6 Å². The van der Waals surface area contributed by atoms with Crippen molar-refractivity contribution in [2.45, 2.75) is 32.6 Å². The van der Waals surface area contributed by atoms with E-state index in [-0.39, 0.29) is 0 Å². The highest BCUT2D eigenvalue weighted by atomic mass is 16.2. The molecule has 0 saturated carbocycles. The number of likely N-dealkylation sites (tertiary alicyclic amines) is 1.